The highest BCUT2D eigenvalue weighted by Crippen LogP contribution is 2.38. The van der Waals surface area contributed by atoms with E-state index in [-0.39, 0.29) is 11.4 Å². The lowest BCUT2D eigenvalue weighted by atomic mass is 9.99. The van der Waals surface area contributed by atoms with Crippen molar-refractivity contribution in [1.29, 1.82) is 0 Å². The summed E-state index contributed by atoms with van der Waals surface area (Å²) in [6, 6.07) is 2.28. The Hall–Kier alpha value is -1.00. The minimum absolute atomic E-state index is 0.102. The smallest absolute Gasteiger partial charge is 0.271 e. The van der Waals surface area contributed by atoms with Gasteiger partial charge in [0.2, 0.25) is 0 Å². The Balaban J connectivity index is 1.90. The SMILES string of the molecule is CC1(C)CNCCN1C(=O)c1cc(Cl)cn1C1CC1. The van der Waals surface area contributed by atoms with Gasteiger partial charge in [0.05, 0.1) is 10.6 Å². The Morgan fingerprint density at radius 2 is 2.21 bits per heavy atom. The maximum absolute atomic E-state index is 12.8. The van der Waals surface area contributed by atoms with E-state index in [1.807, 2.05) is 11.1 Å². The summed E-state index contributed by atoms with van der Waals surface area (Å²) >= 11 is 6.09. The number of carbonyl (C=O) groups excluding carboxylic acids is 1. The van der Waals surface area contributed by atoms with Crippen LogP contribution < -0.4 is 5.32 Å². The van der Waals surface area contributed by atoms with E-state index < -0.39 is 0 Å². The molecule has 1 aromatic rings. The number of hydrogen-bond donors (Lipinski definition) is 1. The maximum atomic E-state index is 12.8. The number of carbonyl (C=O) groups is 1. The number of nitrogens with zero attached hydrogens (tertiary/aromatic N) is 2. The number of hydrogen-bond acceptors (Lipinski definition) is 2. The van der Waals surface area contributed by atoms with Crippen molar-refractivity contribution in [3.05, 3.63) is 23.0 Å². The first-order chi connectivity index (χ1) is 8.99. The van der Waals surface area contributed by atoms with Gasteiger partial charge in [-0.15, -0.1) is 0 Å². The molecule has 0 atom stereocenters. The van der Waals surface area contributed by atoms with E-state index in [0.717, 1.165) is 38.2 Å². The Bertz CT molecular complexity index is 505. The van der Waals surface area contributed by atoms with Crippen molar-refractivity contribution in [1.82, 2.24) is 14.8 Å². The molecule has 2 heterocycles. The van der Waals surface area contributed by atoms with Gasteiger partial charge in [0.25, 0.3) is 5.91 Å². The number of amides is 1. The minimum atomic E-state index is -0.152. The molecule has 5 heteroatoms. The third kappa shape index (κ3) is 2.39. The highest BCUT2D eigenvalue weighted by molar-refractivity contribution is 6.31. The topological polar surface area (TPSA) is 37.3 Å². The number of nitrogens with one attached hydrogen (secondary N) is 1. The molecule has 1 N–H and O–H groups in total. The lowest BCUT2D eigenvalue weighted by Gasteiger charge is -2.42. The minimum Gasteiger partial charge on any atom is -0.339 e. The quantitative estimate of drug-likeness (QED) is 0.903. The molecule has 1 saturated heterocycles. The summed E-state index contributed by atoms with van der Waals surface area (Å²) in [5.41, 5.74) is 0.586. The molecule has 1 aliphatic heterocycles. The molecule has 0 bridgehead atoms. The lowest BCUT2D eigenvalue weighted by Crippen LogP contribution is -2.60. The maximum Gasteiger partial charge on any atom is 0.271 e. The van der Waals surface area contributed by atoms with E-state index in [1.165, 1.54) is 0 Å². The van der Waals surface area contributed by atoms with E-state index in [4.69, 9.17) is 11.6 Å². The van der Waals surface area contributed by atoms with Crippen LogP contribution in [0.1, 0.15) is 43.2 Å². The Morgan fingerprint density at radius 1 is 1.47 bits per heavy atom. The van der Waals surface area contributed by atoms with Crippen molar-refractivity contribution in [3.8, 4) is 0 Å². The molecule has 0 spiro atoms. The van der Waals surface area contributed by atoms with Gasteiger partial charge < -0.3 is 14.8 Å². The number of aromatic nitrogens is 1. The molecule has 1 amide bonds. The predicted molar refractivity (Wildman–Crippen MR) is 75.7 cm³/mol. The molecule has 3 rings (SSSR count). The zero-order valence-electron chi connectivity index (χ0n) is 11.4. The summed E-state index contributed by atoms with van der Waals surface area (Å²) < 4.78 is 2.06. The van der Waals surface area contributed by atoms with Gasteiger partial charge in [0.1, 0.15) is 5.69 Å². The van der Waals surface area contributed by atoms with Crippen molar-refractivity contribution >= 4 is 17.5 Å². The molecule has 0 radical (unpaired) electrons. The van der Waals surface area contributed by atoms with E-state index in [2.05, 4.69) is 23.7 Å². The second-order valence-corrected chi connectivity index (χ2v) is 6.56. The molecule has 1 aliphatic carbocycles. The molecule has 1 saturated carbocycles. The van der Waals surface area contributed by atoms with Crippen molar-refractivity contribution in [2.75, 3.05) is 19.6 Å². The second-order valence-electron chi connectivity index (χ2n) is 6.13. The Kier molecular flexibility index (Phi) is 3.10. The van der Waals surface area contributed by atoms with Gasteiger partial charge in [-0.2, -0.15) is 0 Å². The van der Waals surface area contributed by atoms with Gasteiger partial charge >= 0.3 is 0 Å². The molecule has 1 aromatic heterocycles. The van der Waals surface area contributed by atoms with Gasteiger partial charge in [-0.25, -0.2) is 0 Å². The zero-order valence-corrected chi connectivity index (χ0v) is 12.2. The van der Waals surface area contributed by atoms with Crippen LogP contribution in [0.15, 0.2) is 12.3 Å². The Morgan fingerprint density at radius 3 is 2.84 bits per heavy atom. The number of halogens is 1. The van der Waals surface area contributed by atoms with Gasteiger partial charge in [-0.3, -0.25) is 4.79 Å². The zero-order chi connectivity index (χ0) is 13.6. The summed E-state index contributed by atoms with van der Waals surface area (Å²) in [5.74, 6) is 0.102. The van der Waals surface area contributed by atoms with Crippen LogP contribution >= 0.6 is 11.6 Å². The van der Waals surface area contributed by atoms with Crippen molar-refractivity contribution in [2.45, 2.75) is 38.3 Å². The van der Waals surface area contributed by atoms with Crippen molar-refractivity contribution in [2.24, 2.45) is 0 Å². The molecule has 104 valence electrons. The van der Waals surface area contributed by atoms with E-state index in [1.54, 1.807) is 6.07 Å². The molecule has 0 aromatic carbocycles. The molecule has 2 aliphatic rings. The van der Waals surface area contributed by atoms with Crippen LogP contribution in [0, 0.1) is 0 Å². The number of piperazine rings is 1. The van der Waals surface area contributed by atoms with Gasteiger partial charge in [-0.05, 0) is 32.8 Å². The monoisotopic (exact) mass is 281 g/mol. The van der Waals surface area contributed by atoms with Gasteiger partial charge in [-0.1, -0.05) is 11.6 Å². The van der Waals surface area contributed by atoms with Gasteiger partial charge in [0.15, 0.2) is 0 Å². The van der Waals surface area contributed by atoms with E-state index in [0.29, 0.717) is 11.1 Å². The molecule has 4 nitrogen and oxygen atoms in total. The highest BCUT2D eigenvalue weighted by Gasteiger charge is 2.36. The summed E-state index contributed by atoms with van der Waals surface area (Å²) in [4.78, 5) is 14.8. The van der Waals surface area contributed by atoms with E-state index >= 15 is 0 Å². The Labute approximate surface area is 118 Å². The third-order valence-electron chi connectivity index (χ3n) is 4.02. The van der Waals surface area contributed by atoms with E-state index in [9.17, 15) is 4.79 Å². The first-order valence-electron chi connectivity index (χ1n) is 6.89. The summed E-state index contributed by atoms with van der Waals surface area (Å²) in [6.45, 7) is 6.63. The third-order valence-corrected chi connectivity index (χ3v) is 4.23. The molecule has 19 heavy (non-hydrogen) atoms. The fourth-order valence-corrected chi connectivity index (χ4v) is 2.98. The standard InChI is InChI=1S/C14H20ClN3O/c1-14(2)9-16-5-6-18(14)13(19)12-7-10(15)8-17(12)11-3-4-11/h7-8,11,16H,3-6,9H2,1-2H3. The first-order valence-corrected chi connectivity index (χ1v) is 7.27. The summed E-state index contributed by atoms with van der Waals surface area (Å²) in [6.07, 6.45) is 4.19. The van der Waals surface area contributed by atoms with Crippen LogP contribution in [0.4, 0.5) is 0 Å². The van der Waals surface area contributed by atoms with Crippen LogP contribution in [0.5, 0.6) is 0 Å². The van der Waals surface area contributed by atoms with Crippen molar-refractivity contribution < 1.29 is 4.79 Å². The van der Waals surface area contributed by atoms with Crippen LogP contribution in [-0.4, -0.2) is 40.5 Å². The van der Waals surface area contributed by atoms with Crippen LogP contribution in [0.25, 0.3) is 0 Å². The summed E-state index contributed by atoms with van der Waals surface area (Å²) in [7, 11) is 0. The van der Waals surface area contributed by atoms with Crippen LogP contribution in [-0.2, 0) is 0 Å². The average Bonchev–Trinajstić information content (AvgIpc) is 3.11. The lowest BCUT2D eigenvalue weighted by molar-refractivity contribution is 0.0466. The summed E-state index contributed by atoms with van der Waals surface area (Å²) in [5, 5.41) is 4.00. The molecular weight excluding hydrogens is 262 g/mol. The van der Waals surface area contributed by atoms with Crippen LogP contribution in [0.2, 0.25) is 5.02 Å². The number of rotatable bonds is 2. The predicted octanol–water partition coefficient (Wildman–Crippen LogP) is 2.30. The fourth-order valence-electron chi connectivity index (χ4n) is 2.77. The normalized spacial score (nSPS) is 22.6. The largest absolute Gasteiger partial charge is 0.339 e. The van der Waals surface area contributed by atoms with Gasteiger partial charge in [0, 0.05) is 31.9 Å². The molecule has 0 unspecified atom stereocenters. The van der Waals surface area contributed by atoms with Crippen molar-refractivity contribution in [3.63, 3.8) is 0 Å². The first kappa shape index (κ1) is 13.0. The molecule has 2 fully saturated rings. The average molecular weight is 282 g/mol. The second kappa shape index (κ2) is 4.53. The molecular formula is C14H20ClN3O. The highest BCUT2D eigenvalue weighted by atomic mass is 35.5. The fraction of sp³-hybridized carbons (Fsp3) is 0.643. The van der Waals surface area contributed by atoms with Crippen LogP contribution in [0.3, 0.4) is 0 Å².